The van der Waals surface area contributed by atoms with Crippen LogP contribution in [0.4, 0.5) is 11.4 Å². The molecule has 1 heterocycles. The van der Waals surface area contributed by atoms with Crippen LogP contribution in [0.25, 0.3) is 0 Å². The van der Waals surface area contributed by atoms with E-state index in [1.165, 1.54) is 24.3 Å². The first-order valence-corrected chi connectivity index (χ1v) is 7.65. The van der Waals surface area contributed by atoms with Crippen molar-refractivity contribution >= 4 is 11.4 Å². The third-order valence-electron chi connectivity index (χ3n) is 3.89. The fraction of sp³-hybridized carbons (Fsp3) is 0.111. The summed E-state index contributed by atoms with van der Waals surface area (Å²) in [5.41, 5.74) is 4.13. The maximum atomic E-state index is 10.7. The average Bonchev–Trinajstić information content (AvgIpc) is 3.02. The molecule has 7 heteroatoms. The zero-order valence-electron chi connectivity index (χ0n) is 13.2. The molecule has 0 unspecified atom stereocenters. The monoisotopic (exact) mass is 337 g/mol. The number of aromatic amines is 1. The average molecular weight is 337 g/mol. The van der Waals surface area contributed by atoms with Crippen molar-refractivity contribution in [1.29, 1.82) is 0 Å². The molecular weight excluding hydrogens is 322 g/mol. The highest BCUT2D eigenvalue weighted by molar-refractivity contribution is 5.36. The number of rotatable bonds is 6. The molecule has 0 bridgehead atoms. The van der Waals surface area contributed by atoms with Crippen molar-refractivity contribution in [1.82, 2.24) is 4.98 Å². The summed E-state index contributed by atoms with van der Waals surface area (Å²) < 4.78 is 0. The Morgan fingerprint density at radius 3 is 1.32 bits per heavy atom. The van der Waals surface area contributed by atoms with Gasteiger partial charge in [0.15, 0.2) is 0 Å². The summed E-state index contributed by atoms with van der Waals surface area (Å²) in [6.45, 7) is 0. The summed E-state index contributed by atoms with van der Waals surface area (Å²) in [7, 11) is 0. The summed E-state index contributed by atoms with van der Waals surface area (Å²) in [5.74, 6) is 0. The van der Waals surface area contributed by atoms with Gasteiger partial charge in [-0.1, -0.05) is 24.3 Å². The van der Waals surface area contributed by atoms with Crippen LogP contribution in [0.1, 0.15) is 22.5 Å². The molecule has 3 rings (SSSR count). The van der Waals surface area contributed by atoms with Gasteiger partial charge in [0.05, 0.1) is 9.85 Å². The summed E-state index contributed by atoms with van der Waals surface area (Å²) >= 11 is 0. The van der Waals surface area contributed by atoms with Crippen molar-refractivity contribution in [2.24, 2.45) is 0 Å². The zero-order valence-corrected chi connectivity index (χ0v) is 13.2. The van der Waals surface area contributed by atoms with Gasteiger partial charge in [0.1, 0.15) is 0 Å². The van der Waals surface area contributed by atoms with E-state index in [-0.39, 0.29) is 11.4 Å². The maximum absolute atomic E-state index is 10.7. The van der Waals surface area contributed by atoms with Crippen LogP contribution in [0, 0.1) is 20.2 Å². The molecule has 0 aliphatic heterocycles. The molecule has 126 valence electrons. The second-order valence-corrected chi connectivity index (χ2v) is 5.71. The Kier molecular flexibility index (Phi) is 4.56. The van der Waals surface area contributed by atoms with Crippen LogP contribution in [-0.4, -0.2) is 14.8 Å². The summed E-state index contributed by atoms with van der Waals surface area (Å²) in [6.07, 6.45) is 1.30. The maximum Gasteiger partial charge on any atom is 0.269 e. The van der Waals surface area contributed by atoms with E-state index in [1.807, 2.05) is 12.1 Å². The fourth-order valence-electron chi connectivity index (χ4n) is 2.61. The lowest BCUT2D eigenvalue weighted by atomic mass is 10.1. The second kappa shape index (κ2) is 6.96. The number of aromatic nitrogens is 1. The van der Waals surface area contributed by atoms with Gasteiger partial charge in [-0.05, 0) is 23.3 Å². The summed E-state index contributed by atoms with van der Waals surface area (Å²) in [5, 5.41) is 21.3. The van der Waals surface area contributed by atoms with Crippen LogP contribution in [0.3, 0.4) is 0 Å². The highest BCUT2D eigenvalue weighted by Crippen LogP contribution is 2.17. The Labute approximate surface area is 143 Å². The zero-order chi connectivity index (χ0) is 17.8. The van der Waals surface area contributed by atoms with Crippen LogP contribution < -0.4 is 0 Å². The first kappa shape index (κ1) is 16.4. The van der Waals surface area contributed by atoms with Crippen LogP contribution in [0.2, 0.25) is 0 Å². The number of nitro benzene ring substituents is 2. The molecule has 0 radical (unpaired) electrons. The highest BCUT2D eigenvalue weighted by Gasteiger charge is 2.07. The molecule has 7 nitrogen and oxygen atoms in total. The van der Waals surface area contributed by atoms with Crippen molar-refractivity contribution in [3.05, 3.63) is 103 Å². The molecule has 1 N–H and O–H groups in total. The standard InChI is InChI=1S/C18H15N3O4/c22-20(23)17-7-1-13(2-8-17)11-15-5-6-16(19-15)12-14-3-9-18(10-4-14)21(24)25/h1-10,19H,11-12H2. The molecule has 0 saturated carbocycles. The topological polar surface area (TPSA) is 102 Å². The lowest BCUT2D eigenvalue weighted by molar-refractivity contribution is -0.385. The van der Waals surface area contributed by atoms with Crippen LogP contribution in [0.15, 0.2) is 60.7 Å². The van der Waals surface area contributed by atoms with Crippen LogP contribution in [-0.2, 0) is 12.8 Å². The predicted octanol–water partition coefficient (Wildman–Crippen LogP) is 4.01. The molecule has 0 aliphatic rings. The third kappa shape index (κ3) is 4.08. The molecule has 0 spiro atoms. The number of nitrogens with one attached hydrogen (secondary N) is 1. The van der Waals surface area contributed by atoms with E-state index in [2.05, 4.69) is 4.98 Å². The van der Waals surface area contributed by atoms with Gasteiger partial charge in [-0.3, -0.25) is 20.2 Å². The van der Waals surface area contributed by atoms with E-state index < -0.39 is 9.85 Å². The van der Waals surface area contributed by atoms with E-state index >= 15 is 0 Å². The quantitative estimate of drug-likeness (QED) is 0.542. The Morgan fingerprint density at radius 1 is 0.640 bits per heavy atom. The van der Waals surface area contributed by atoms with Gasteiger partial charge < -0.3 is 4.98 Å². The predicted molar refractivity (Wildman–Crippen MR) is 92.6 cm³/mol. The number of hydrogen-bond donors (Lipinski definition) is 1. The van der Waals surface area contributed by atoms with E-state index in [4.69, 9.17) is 0 Å². The number of non-ortho nitro benzene ring substituents is 2. The molecule has 1 aromatic heterocycles. The smallest absolute Gasteiger partial charge is 0.269 e. The normalized spacial score (nSPS) is 10.6. The van der Waals surface area contributed by atoms with E-state index in [0.29, 0.717) is 12.8 Å². The Bertz CT molecular complexity index is 825. The summed E-state index contributed by atoms with van der Waals surface area (Å²) in [4.78, 5) is 23.8. The third-order valence-corrected chi connectivity index (χ3v) is 3.89. The molecule has 0 aliphatic carbocycles. The van der Waals surface area contributed by atoms with Gasteiger partial charge in [-0.2, -0.15) is 0 Å². The molecule has 25 heavy (non-hydrogen) atoms. The van der Waals surface area contributed by atoms with Crippen molar-refractivity contribution < 1.29 is 9.85 Å². The molecular formula is C18H15N3O4. The molecule has 0 atom stereocenters. The van der Waals surface area contributed by atoms with Crippen LogP contribution >= 0.6 is 0 Å². The minimum absolute atomic E-state index is 0.0779. The number of nitro groups is 2. The minimum atomic E-state index is -0.416. The lowest BCUT2D eigenvalue weighted by Gasteiger charge is -2.01. The van der Waals surface area contributed by atoms with E-state index in [9.17, 15) is 20.2 Å². The van der Waals surface area contributed by atoms with Gasteiger partial charge >= 0.3 is 0 Å². The van der Waals surface area contributed by atoms with Crippen molar-refractivity contribution in [2.45, 2.75) is 12.8 Å². The molecule has 0 amide bonds. The number of H-pyrrole nitrogens is 1. The van der Waals surface area contributed by atoms with Gasteiger partial charge in [-0.25, -0.2) is 0 Å². The SMILES string of the molecule is O=[N+]([O-])c1ccc(Cc2ccc(Cc3ccc([N+](=O)[O-])cc3)[nH]2)cc1. The Hall–Kier alpha value is -3.48. The molecule has 0 saturated heterocycles. The van der Waals surface area contributed by atoms with E-state index in [1.54, 1.807) is 24.3 Å². The fourth-order valence-corrected chi connectivity index (χ4v) is 2.61. The molecule has 2 aromatic carbocycles. The van der Waals surface area contributed by atoms with Crippen molar-refractivity contribution in [3.8, 4) is 0 Å². The van der Waals surface area contributed by atoms with Crippen molar-refractivity contribution in [3.63, 3.8) is 0 Å². The van der Waals surface area contributed by atoms with Gasteiger partial charge in [0.25, 0.3) is 11.4 Å². The van der Waals surface area contributed by atoms with Gasteiger partial charge in [0, 0.05) is 48.5 Å². The van der Waals surface area contributed by atoms with Crippen LogP contribution in [0.5, 0.6) is 0 Å². The van der Waals surface area contributed by atoms with Crippen molar-refractivity contribution in [2.75, 3.05) is 0 Å². The van der Waals surface area contributed by atoms with Gasteiger partial charge in [-0.15, -0.1) is 0 Å². The van der Waals surface area contributed by atoms with Gasteiger partial charge in [0.2, 0.25) is 0 Å². The molecule has 0 fully saturated rings. The summed E-state index contributed by atoms with van der Waals surface area (Å²) in [6, 6.07) is 16.9. The molecule has 3 aromatic rings. The number of benzene rings is 2. The first-order chi connectivity index (χ1) is 12.0. The Balaban J connectivity index is 1.65. The second-order valence-electron chi connectivity index (χ2n) is 5.71. The Morgan fingerprint density at radius 2 is 1.00 bits per heavy atom. The highest BCUT2D eigenvalue weighted by atomic mass is 16.6. The first-order valence-electron chi connectivity index (χ1n) is 7.65. The lowest BCUT2D eigenvalue weighted by Crippen LogP contribution is -1.93. The minimum Gasteiger partial charge on any atom is -0.362 e. The van der Waals surface area contributed by atoms with E-state index in [0.717, 1.165) is 22.5 Å². The number of hydrogen-bond acceptors (Lipinski definition) is 4. The largest absolute Gasteiger partial charge is 0.362 e. The number of nitrogens with zero attached hydrogens (tertiary/aromatic N) is 2.